The Labute approximate surface area is 91.8 Å². The second kappa shape index (κ2) is 5.59. The minimum atomic E-state index is -0.547. The van der Waals surface area contributed by atoms with E-state index in [1.807, 2.05) is 0 Å². The van der Waals surface area contributed by atoms with Gasteiger partial charge in [0.1, 0.15) is 0 Å². The van der Waals surface area contributed by atoms with Crippen LogP contribution in [0.5, 0.6) is 0 Å². The van der Waals surface area contributed by atoms with Crippen molar-refractivity contribution < 1.29 is 9.47 Å². The van der Waals surface area contributed by atoms with Crippen LogP contribution >= 0.6 is 0 Å². The molecule has 0 bridgehead atoms. The molecular weight excluding hydrogens is 214 g/mol. The summed E-state index contributed by atoms with van der Waals surface area (Å²) in [7, 11) is 2.93. The molecule has 0 fully saturated rings. The lowest BCUT2D eigenvalue weighted by Gasteiger charge is -2.14. The highest BCUT2D eigenvalue weighted by atomic mass is 16.7. The Bertz CT molecular complexity index is 447. The van der Waals surface area contributed by atoms with E-state index >= 15 is 0 Å². The van der Waals surface area contributed by atoms with Gasteiger partial charge < -0.3 is 15.2 Å². The molecule has 3 N–H and O–H groups in total. The van der Waals surface area contributed by atoms with E-state index in [0.717, 1.165) is 0 Å². The van der Waals surface area contributed by atoms with Crippen molar-refractivity contribution in [3.63, 3.8) is 0 Å². The smallest absolute Gasteiger partial charge is 0.328 e. The quantitative estimate of drug-likeness (QED) is 0.606. The Kier molecular flexibility index (Phi) is 4.41. The molecule has 0 aliphatic rings. The first-order valence-electron chi connectivity index (χ1n) is 4.70. The molecule has 1 aromatic rings. The van der Waals surface area contributed by atoms with Gasteiger partial charge in [-0.15, -0.1) is 0 Å². The standard InChI is InChI=1S/C9H15N3O4/c1-15-7(16-2)5-12-4-6(3-10)8(13)11-9(12)14/h4,7H,3,5,10H2,1-2H3,(H,11,13,14). The van der Waals surface area contributed by atoms with Gasteiger partial charge in [0.25, 0.3) is 5.56 Å². The normalized spacial score (nSPS) is 11.0. The molecule has 0 unspecified atom stereocenters. The fourth-order valence-corrected chi connectivity index (χ4v) is 1.24. The number of rotatable bonds is 5. The summed E-state index contributed by atoms with van der Waals surface area (Å²) < 4.78 is 11.2. The van der Waals surface area contributed by atoms with E-state index in [4.69, 9.17) is 15.2 Å². The second-order valence-corrected chi connectivity index (χ2v) is 3.17. The Morgan fingerprint density at radius 3 is 2.56 bits per heavy atom. The molecule has 16 heavy (non-hydrogen) atoms. The van der Waals surface area contributed by atoms with Crippen LogP contribution in [0.15, 0.2) is 15.8 Å². The highest BCUT2D eigenvalue weighted by Gasteiger charge is 2.09. The molecule has 7 heteroatoms. The monoisotopic (exact) mass is 229 g/mol. The van der Waals surface area contributed by atoms with E-state index < -0.39 is 17.5 Å². The zero-order valence-electron chi connectivity index (χ0n) is 9.23. The van der Waals surface area contributed by atoms with Crippen LogP contribution in [0.1, 0.15) is 5.56 Å². The second-order valence-electron chi connectivity index (χ2n) is 3.17. The number of hydrogen-bond donors (Lipinski definition) is 2. The zero-order valence-corrected chi connectivity index (χ0v) is 9.23. The lowest BCUT2D eigenvalue weighted by atomic mass is 10.3. The number of aromatic nitrogens is 2. The van der Waals surface area contributed by atoms with E-state index in [1.165, 1.54) is 25.0 Å². The van der Waals surface area contributed by atoms with E-state index in [9.17, 15) is 9.59 Å². The van der Waals surface area contributed by atoms with Gasteiger partial charge >= 0.3 is 5.69 Å². The first kappa shape index (κ1) is 12.6. The average molecular weight is 229 g/mol. The van der Waals surface area contributed by atoms with Gasteiger partial charge in [-0.25, -0.2) is 4.79 Å². The number of hydrogen-bond acceptors (Lipinski definition) is 5. The molecule has 0 aromatic carbocycles. The summed E-state index contributed by atoms with van der Waals surface area (Å²) in [5, 5.41) is 0. The highest BCUT2D eigenvalue weighted by molar-refractivity contribution is 5.03. The predicted molar refractivity (Wildman–Crippen MR) is 57.0 cm³/mol. The van der Waals surface area contributed by atoms with E-state index in [-0.39, 0.29) is 13.1 Å². The van der Waals surface area contributed by atoms with Crippen LogP contribution < -0.4 is 17.0 Å². The summed E-state index contributed by atoms with van der Waals surface area (Å²) in [6.07, 6.45) is 0.862. The topological polar surface area (TPSA) is 99.3 Å². The third-order valence-electron chi connectivity index (χ3n) is 2.18. The van der Waals surface area contributed by atoms with Crippen molar-refractivity contribution >= 4 is 0 Å². The minimum absolute atomic E-state index is 0.0697. The van der Waals surface area contributed by atoms with Crippen LogP contribution in [0, 0.1) is 0 Å². The van der Waals surface area contributed by atoms with Gasteiger partial charge in [0.15, 0.2) is 6.29 Å². The molecule has 1 aromatic heterocycles. The predicted octanol–water partition coefficient (Wildman–Crippen LogP) is -1.39. The maximum absolute atomic E-state index is 11.4. The number of methoxy groups -OCH3 is 2. The van der Waals surface area contributed by atoms with Crippen molar-refractivity contribution in [2.75, 3.05) is 14.2 Å². The summed E-state index contributed by atoms with van der Waals surface area (Å²) in [4.78, 5) is 24.8. The molecule has 1 heterocycles. The van der Waals surface area contributed by atoms with Crippen LogP contribution in [-0.2, 0) is 22.6 Å². The molecule has 0 radical (unpaired) electrons. The van der Waals surface area contributed by atoms with Crippen molar-refractivity contribution in [1.82, 2.24) is 9.55 Å². The molecule has 0 spiro atoms. The third kappa shape index (κ3) is 2.78. The summed E-state index contributed by atoms with van der Waals surface area (Å²) in [5.41, 5.74) is 4.73. The molecule has 90 valence electrons. The molecule has 7 nitrogen and oxygen atoms in total. The van der Waals surface area contributed by atoms with Gasteiger partial charge in [-0.2, -0.15) is 0 Å². The number of nitrogens with one attached hydrogen (secondary N) is 1. The number of nitrogens with zero attached hydrogens (tertiary/aromatic N) is 1. The summed E-state index contributed by atoms with van der Waals surface area (Å²) in [6.45, 7) is 0.260. The molecule has 0 amide bonds. The molecule has 0 saturated heterocycles. The van der Waals surface area contributed by atoms with Crippen molar-refractivity contribution in [2.45, 2.75) is 19.4 Å². The third-order valence-corrected chi connectivity index (χ3v) is 2.18. The number of nitrogens with two attached hydrogens (primary N) is 1. The Balaban J connectivity index is 3.04. The van der Waals surface area contributed by atoms with Crippen LogP contribution in [-0.4, -0.2) is 30.1 Å². The summed E-state index contributed by atoms with van der Waals surface area (Å²) >= 11 is 0. The van der Waals surface area contributed by atoms with E-state index in [1.54, 1.807) is 0 Å². The summed E-state index contributed by atoms with van der Waals surface area (Å²) in [5.74, 6) is 0. The van der Waals surface area contributed by atoms with Crippen molar-refractivity contribution in [3.8, 4) is 0 Å². The molecule has 0 aliphatic carbocycles. The Hall–Kier alpha value is -1.44. The van der Waals surface area contributed by atoms with Crippen molar-refractivity contribution in [3.05, 3.63) is 32.6 Å². The lowest BCUT2D eigenvalue weighted by Crippen LogP contribution is -2.36. The first-order chi connectivity index (χ1) is 7.62. The fourth-order valence-electron chi connectivity index (χ4n) is 1.24. The minimum Gasteiger partial charge on any atom is -0.354 e. The van der Waals surface area contributed by atoms with Crippen molar-refractivity contribution in [1.29, 1.82) is 0 Å². The maximum Gasteiger partial charge on any atom is 0.328 e. The fraction of sp³-hybridized carbons (Fsp3) is 0.556. The van der Waals surface area contributed by atoms with Gasteiger partial charge in [-0.05, 0) is 0 Å². The van der Waals surface area contributed by atoms with Crippen LogP contribution in [0.3, 0.4) is 0 Å². The van der Waals surface area contributed by atoms with Crippen LogP contribution in [0.4, 0.5) is 0 Å². The highest BCUT2D eigenvalue weighted by Crippen LogP contribution is 1.95. The lowest BCUT2D eigenvalue weighted by molar-refractivity contribution is -0.111. The number of aromatic amines is 1. The van der Waals surface area contributed by atoms with Gasteiger partial charge in [0, 0.05) is 32.5 Å². The first-order valence-corrected chi connectivity index (χ1v) is 4.70. The van der Waals surface area contributed by atoms with E-state index in [2.05, 4.69) is 4.98 Å². The summed E-state index contributed by atoms with van der Waals surface area (Å²) in [6, 6.07) is 0. The van der Waals surface area contributed by atoms with Gasteiger partial charge in [0.2, 0.25) is 0 Å². The molecule has 0 aliphatic heterocycles. The van der Waals surface area contributed by atoms with Crippen molar-refractivity contribution in [2.24, 2.45) is 5.73 Å². The molecule has 0 atom stereocenters. The average Bonchev–Trinajstić information content (AvgIpc) is 2.28. The maximum atomic E-state index is 11.4. The van der Waals surface area contributed by atoms with Crippen LogP contribution in [0.25, 0.3) is 0 Å². The Morgan fingerprint density at radius 2 is 2.06 bits per heavy atom. The molecule has 1 rings (SSSR count). The largest absolute Gasteiger partial charge is 0.354 e. The number of H-pyrrole nitrogens is 1. The number of ether oxygens (including phenoxy) is 2. The van der Waals surface area contributed by atoms with E-state index in [0.29, 0.717) is 5.56 Å². The Morgan fingerprint density at radius 1 is 1.44 bits per heavy atom. The van der Waals surface area contributed by atoms with Gasteiger partial charge in [-0.3, -0.25) is 14.3 Å². The molecular formula is C9H15N3O4. The van der Waals surface area contributed by atoms with Crippen LogP contribution in [0.2, 0.25) is 0 Å². The molecule has 0 saturated carbocycles. The SMILES string of the molecule is COC(Cn1cc(CN)c(=O)[nH]c1=O)OC. The van der Waals surface area contributed by atoms with Gasteiger partial charge in [-0.1, -0.05) is 0 Å². The zero-order chi connectivity index (χ0) is 12.1. The van der Waals surface area contributed by atoms with Gasteiger partial charge in [0.05, 0.1) is 6.54 Å².